The molecule has 0 saturated carbocycles. The molecule has 4 nitrogen and oxygen atoms in total. The Bertz CT molecular complexity index is 199. The van der Waals surface area contributed by atoms with Crippen LogP contribution >= 0.6 is 0 Å². The van der Waals surface area contributed by atoms with Crippen molar-refractivity contribution in [2.75, 3.05) is 0 Å². The summed E-state index contributed by atoms with van der Waals surface area (Å²) >= 11 is 0. The number of allylic oxidation sites excluding steroid dienone is 1. The number of hydrogen-bond acceptors (Lipinski definition) is 4. The summed E-state index contributed by atoms with van der Waals surface area (Å²) in [7, 11) is -2.13. The third kappa shape index (κ3) is 7.54. The van der Waals surface area contributed by atoms with E-state index in [9.17, 15) is 9.59 Å². The van der Waals surface area contributed by atoms with Crippen molar-refractivity contribution in [1.29, 1.82) is 0 Å². The molecule has 0 aliphatic heterocycles. The van der Waals surface area contributed by atoms with Crippen molar-refractivity contribution in [2.24, 2.45) is 0 Å². The predicted octanol–water partition coefficient (Wildman–Crippen LogP) is 1.30. The zero-order valence-electron chi connectivity index (χ0n) is 8.62. The zero-order chi connectivity index (χ0) is 11.0. The molecular weight excluding hydrogens is 200 g/mol. The molecule has 14 heavy (non-hydrogen) atoms. The summed E-state index contributed by atoms with van der Waals surface area (Å²) in [6, 6.07) is 0.644. The third-order valence-corrected chi connectivity index (χ3v) is 3.51. The summed E-state index contributed by atoms with van der Waals surface area (Å²) in [5, 5.41) is 0. The highest BCUT2D eigenvalue weighted by molar-refractivity contribution is 6.48. The minimum absolute atomic E-state index is 0.387. The molecule has 80 valence electrons. The molecule has 0 radical (unpaired) electrons. The fourth-order valence-electron chi connectivity index (χ4n) is 0.941. The highest BCUT2D eigenvalue weighted by atomic mass is 28.3. The molecular formula is C9H16O4Si. The molecule has 0 bridgehead atoms. The molecule has 0 saturated heterocycles. The fraction of sp³-hybridized carbons (Fsp3) is 0.556. The molecule has 0 aliphatic carbocycles. The van der Waals surface area contributed by atoms with Crippen LogP contribution in [0.5, 0.6) is 0 Å². The van der Waals surface area contributed by atoms with E-state index in [4.69, 9.17) is 8.85 Å². The molecule has 5 heteroatoms. The smallest absolute Gasteiger partial charge is 0.448 e. The first-order valence-electron chi connectivity index (χ1n) is 4.51. The molecule has 0 atom stereocenters. The number of unbranched alkanes of at least 4 members (excludes halogenated alkanes) is 1. The van der Waals surface area contributed by atoms with Crippen molar-refractivity contribution in [3.05, 3.63) is 12.7 Å². The van der Waals surface area contributed by atoms with Gasteiger partial charge in [-0.2, -0.15) is 0 Å². The molecule has 0 unspecified atom stereocenters. The molecule has 0 aromatic carbocycles. The van der Waals surface area contributed by atoms with Gasteiger partial charge in [-0.05, 0) is 12.8 Å². The normalized spacial score (nSPS) is 9.64. The highest BCUT2D eigenvalue weighted by Crippen LogP contribution is 2.05. The number of carbonyl (C=O) groups excluding carboxylic acids is 2. The van der Waals surface area contributed by atoms with Gasteiger partial charge < -0.3 is 8.85 Å². The van der Waals surface area contributed by atoms with Crippen molar-refractivity contribution in [2.45, 2.75) is 32.7 Å². The van der Waals surface area contributed by atoms with Gasteiger partial charge in [0.05, 0.1) is 0 Å². The van der Waals surface area contributed by atoms with Crippen LogP contribution in [0.3, 0.4) is 0 Å². The predicted molar refractivity (Wildman–Crippen MR) is 54.9 cm³/mol. The SMILES string of the molecule is C=CCCC[SiH](OC(C)=O)OC(C)=O. The minimum Gasteiger partial charge on any atom is -0.487 e. The topological polar surface area (TPSA) is 52.6 Å². The summed E-state index contributed by atoms with van der Waals surface area (Å²) in [6.07, 6.45) is 3.46. The molecule has 0 fully saturated rings. The second kappa shape index (κ2) is 7.31. The zero-order valence-corrected chi connectivity index (χ0v) is 9.77. The quantitative estimate of drug-likeness (QED) is 0.381. The van der Waals surface area contributed by atoms with E-state index in [-0.39, 0.29) is 11.9 Å². The van der Waals surface area contributed by atoms with Crippen LogP contribution < -0.4 is 0 Å². The van der Waals surface area contributed by atoms with Crippen LogP contribution in [-0.2, 0) is 18.4 Å². The summed E-state index contributed by atoms with van der Waals surface area (Å²) < 4.78 is 9.86. The summed E-state index contributed by atoms with van der Waals surface area (Å²) in [4.78, 5) is 21.3. The van der Waals surface area contributed by atoms with Gasteiger partial charge in [0.2, 0.25) is 0 Å². The minimum atomic E-state index is -2.13. The van der Waals surface area contributed by atoms with Gasteiger partial charge in [-0.15, -0.1) is 6.58 Å². The Balaban J connectivity index is 3.89. The van der Waals surface area contributed by atoms with Gasteiger partial charge in [0.25, 0.3) is 11.9 Å². The molecule has 0 heterocycles. The third-order valence-electron chi connectivity index (χ3n) is 1.44. The lowest BCUT2D eigenvalue weighted by Gasteiger charge is -2.13. The Kier molecular flexibility index (Phi) is 6.74. The second-order valence-electron chi connectivity index (χ2n) is 2.87. The Hall–Kier alpha value is -1.10. The van der Waals surface area contributed by atoms with Gasteiger partial charge in [-0.25, -0.2) is 0 Å². The van der Waals surface area contributed by atoms with E-state index >= 15 is 0 Å². The van der Waals surface area contributed by atoms with Gasteiger partial charge in [-0.1, -0.05) is 6.08 Å². The molecule has 0 aromatic rings. The van der Waals surface area contributed by atoms with Crippen molar-refractivity contribution in [3.8, 4) is 0 Å². The van der Waals surface area contributed by atoms with Gasteiger partial charge in [0.15, 0.2) is 0 Å². The van der Waals surface area contributed by atoms with Crippen LogP contribution in [0.4, 0.5) is 0 Å². The van der Waals surface area contributed by atoms with Crippen molar-refractivity contribution >= 4 is 21.2 Å². The second-order valence-corrected chi connectivity index (χ2v) is 4.78. The van der Waals surface area contributed by atoms with E-state index in [0.717, 1.165) is 12.8 Å². The maximum Gasteiger partial charge on any atom is 0.448 e. The Morgan fingerprint density at radius 2 is 1.79 bits per heavy atom. The van der Waals surface area contributed by atoms with Crippen molar-refractivity contribution in [1.82, 2.24) is 0 Å². The Morgan fingerprint density at radius 1 is 1.29 bits per heavy atom. The van der Waals surface area contributed by atoms with Gasteiger partial charge in [-0.3, -0.25) is 9.59 Å². The first-order valence-corrected chi connectivity index (χ1v) is 6.27. The molecule has 0 rings (SSSR count). The van der Waals surface area contributed by atoms with E-state index in [1.54, 1.807) is 6.08 Å². The Morgan fingerprint density at radius 3 is 2.14 bits per heavy atom. The summed E-state index contributed by atoms with van der Waals surface area (Å²) in [6.45, 7) is 6.21. The van der Waals surface area contributed by atoms with E-state index < -0.39 is 9.28 Å². The standard InChI is InChI=1S/C9H16O4Si/c1-4-5-6-7-14(12-8(2)10)13-9(3)11/h4,14H,1,5-7H2,2-3H3. The average molecular weight is 216 g/mol. The monoisotopic (exact) mass is 216 g/mol. The van der Waals surface area contributed by atoms with Crippen LogP contribution in [0.25, 0.3) is 0 Å². The van der Waals surface area contributed by atoms with Crippen LogP contribution in [0, 0.1) is 0 Å². The maximum absolute atomic E-state index is 10.7. The van der Waals surface area contributed by atoms with Crippen LogP contribution in [-0.4, -0.2) is 21.2 Å². The first kappa shape index (κ1) is 12.9. The van der Waals surface area contributed by atoms with E-state index in [0.29, 0.717) is 6.04 Å². The van der Waals surface area contributed by atoms with Crippen LogP contribution in [0.2, 0.25) is 6.04 Å². The fourth-order valence-corrected chi connectivity index (χ4v) is 2.53. The molecule has 0 amide bonds. The Labute approximate surface area is 85.7 Å². The van der Waals surface area contributed by atoms with Crippen LogP contribution in [0.1, 0.15) is 26.7 Å². The number of hydrogen-bond donors (Lipinski definition) is 0. The number of rotatable bonds is 6. The molecule has 0 aliphatic rings. The highest BCUT2D eigenvalue weighted by Gasteiger charge is 2.18. The van der Waals surface area contributed by atoms with E-state index in [2.05, 4.69) is 6.58 Å². The summed E-state index contributed by atoms with van der Waals surface area (Å²) in [5.41, 5.74) is 0. The lowest BCUT2D eigenvalue weighted by atomic mass is 10.3. The van der Waals surface area contributed by atoms with Gasteiger partial charge >= 0.3 is 9.28 Å². The molecule has 0 aromatic heterocycles. The average Bonchev–Trinajstić information content (AvgIpc) is 2.02. The maximum atomic E-state index is 10.7. The van der Waals surface area contributed by atoms with Crippen molar-refractivity contribution in [3.63, 3.8) is 0 Å². The van der Waals surface area contributed by atoms with Gasteiger partial charge in [0.1, 0.15) is 0 Å². The van der Waals surface area contributed by atoms with Crippen LogP contribution in [0.15, 0.2) is 12.7 Å². The van der Waals surface area contributed by atoms with E-state index in [1.807, 2.05) is 0 Å². The first-order chi connectivity index (χ1) is 6.56. The molecule has 0 N–H and O–H groups in total. The largest absolute Gasteiger partial charge is 0.487 e. The lowest BCUT2D eigenvalue weighted by Crippen LogP contribution is -2.27. The number of carbonyl (C=O) groups is 2. The lowest BCUT2D eigenvalue weighted by molar-refractivity contribution is -0.137. The van der Waals surface area contributed by atoms with Crippen molar-refractivity contribution < 1.29 is 18.4 Å². The molecule has 0 spiro atoms. The van der Waals surface area contributed by atoms with Gasteiger partial charge in [0, 0.05) is 19.9 Å². The van der Waals surface area contributed by atoms with E-state index in [1.165, 1.54) is 13.8 Å². The summed E-state index contributed by atoms with van der Waals surface area (Å²) in [5.74, 6) is -0.775.